The van der Waals surface area contributed by atoms with Crippen molar-refractivity contribution in [3.63, 3.8) is 0 Å². The lowest BCUT2D eigenvalue weighted by molar-refractivity contribution is -0.373. The van der Waals surface area contributed by atoms with Crippen LogP contribution >= 0.6 is 0 Å². The number of ether oxygens (including phenoxy) is 2. The van der Waals surface area contributed by atoms with Crippen LogP contribution in [0.4, 0.5) is 26.3 Å². The van der Waals surface area contributed by atoms with Gasteiger partial charge in [-0.3, -0.25) is 4.79 Å². The third-order valence-corrected chi connectivity index (χ3v) is 5.89. The summed E-state index contributed by atoms with van der Waals surface area (Å²) in [6, 6.07) is 0. The Kier molecular flexibility index (Phi) is 6.61. The molecular weight excluding hydrogens is 410 g/mol. The van der Waals surface area contributed by atoms with E-state index in [2.05, 4.69) is 11.3 Å². The van der Waals surface area contributed by atoms with Gasteiger partial charge in [0.05, 0.1) is 20.1 Å². The maximum atomic E-state index is 13.0. The summed E-state index contributed by atoms with van der Waals surface area (Å²) >= 11 is 0. The minimum Gasteiger partial charge on any atom is -0.469 e. The molecule has 0 saturated heterocycles. The second kappa shape index (κ2) is 8.16. The van der Waals surface area contributed by atoms with Crippen molar-refractivity contribution >= 4 is 11.9 Å². The Labute approximate surface area is 163 Å². The quantitative estimate of drug-likeness (QED) is 0.379. The molecule has 0 aliphatic heterocycles. The summed E-state index contributed by atoms with van der Waals surface area (Å²) in [7, 11) is 1.12. The third-order valence-electron chi connectivity index (χ3n) is 5.89. The highest BCUT2D eigenvalue weighted by atomic mass is 19.4. The zero-order valence-corrected chi connectivity index (χ0v) is 15.6. The molecule has 1 N–H and O–H groups in total. The van der Waals surface area contributed by atoms with E-state index in [1.165, 1.54) is 0 Å². The average Bonchev–Trinajstić information content (AvgIpc) is 3.17. The van der Waals surface area contributed by atoms with Crippen LogP contribution in [0.25, 0.3) is 0 Å². The molecule has 2 saturated carbocycles. The first-order valence-electron chi connectivity index (χ1n) is 8.97. The molecular formula is C18H22F6O5. The molecule has 2 bridgehead atoms. The van der Waals surface area contributed by atoms with Crippen LogP contribution in [-0.2, 0) is 19.1 Å². The Hall–Kier alpha value is -1.78. The molecule has 29 heavy (non-hydrogen) atoms. The van der Waals surface area contributed by atoms with E-state index >= 15 is 0 Å². The van der Waals surface area contributed by atoms with Crippen LogP contribution in [0.3, 0.4) is 0 Å². The maximum absolute atomic E-state index is 13.0. The molecule has 0 aromatic carbocycles. The number of rotatable bonds is 7. The Morgan fingerprint density at radius 1 is 1.03 bits per heavy atom. The molecule has 5 nitrogen and oxygen atoms in total. The van der Waals surface area contributed by atoms with Gasteiger partial charge in [0, 0.05) is 5.57 Å². The summed E-state index contributed by atoms with van der Waals surface area (Å²) in [6.07, 6.45) is -12.5. The molecule has 166 valence electrons. The van der Waals surface area contributed by atoms with E-state index in [1.54, 1.807) is 0 Å². The first-order valence-corrected chi connectivity index (χ1v) is 8.97. The molecule has 0 amide bonds. The maximum Gasteiger partial charge on any atom is 0.426 e. The fourth-order valence-corrected chi connectivity index (χ4v) is 4.45. The number of fused-ring (bicyclic) bond motifs is 2. The van der Waals surface area contributed by atoms with E-state index in [9.17, 15) is 41.0 Å². The SMILES string of the molecule is C=C(CC(=O)OC)C(=O)OCC1CC2CC(CC(O)(C(F)(F)F)C(F)(F)F)C1C2. The van der Waals surface area contributed by atoms with Gasteiger partial charge in [-0.15, -0.1) is 0 Å². The van der Waals surface area contributed by atoms with E-state index in [1.807, 2.05) is 0 Å². The van der Waals surface area contributed by atoms with Crippen LogP contribution in [0.5, 0.6) is 0 Å². The van der Waals surface area contributed by atoms with Crippen molar-refractivity contribution in [2.75, 3.05) is 13.7 Å². The topological polar surface area (TPSA) is 72.8 Å². The van der Waals surface area contributed by atoms with Gasteiger partial charge in [0.15, 0.2) is 0 Å². The largest absolute Gasteiger partial charge is 0.469 e. The number of carbonyl (C=O) groups excluding carboxylic acids is 2. The highest BCUT2D eigenvalue weighted by Gasteiger charge is 2.71. The summed E-state index contributed by atoms with van der Waals surface area (Å²) in [5.74, 6) is -3.61. The molecule has 11 heteroatoms. The molecule has 2 fully saturated rings. The minimum absolute atomic E-state index is 0.0855. The van der Waals surface area contributed by atoms with Crippen molar-refractivity contribution in [2.24, 2.45) is 23.7 Å². The van der Waals surface area contributed by atoms with Gasteiger partial charge in [0.2, 0.25) is 0 Å². The first-order chi connectivity index (χ1) is 13.2. The van der Waals surface area contributed by atoms with Crippen LogP contribution in [0, 0.1) is 23.7 Å². The van der Waals surface area contributed by atoms with E-state index in [0.717, 1.165) is 7.11 Å². The second-order valence-corrected chi connectivity index (χ2v) is 7.77. The molecule has 2 aliphatic carbocycles. The van der Waals surface area contributed by atoms with Crippen molar-refractivity contribution in [2.45, 2.75) is 50.1 Å². The summed E-state index contributed by atoms with van der Waals surface area (Å²) < 4.78 is 87.3. The van der Waals surface area contributed by atoms with Gasteiger partial charge in [-0.25, -0.2) is 4.79 Å². The highest BCUT2D eigenvalue weighted by Crippen LogP contribution is 2.57. The van der Waals surface area contributed by atoms with Crippen LogP contribution in [0.2, 0.25) is 0 Å². The van der Waals surface area contributed by atoms with Crippen molar-refractivity contribution in [3.8, 4) is 0 Å². The minimum atomic E-state index is -5.85. The van der Waals surface area contributed by atoms with Gasteiger partial charge in [0.1, 0.15) is 0 Å². The predicted octanol–water partition coefficient (Wildman–Crippen LogP) is 3.56. The lowest BCUT2D eigenvalue weighted by Crippen LogP contribution is -2.58. The molecule has 0 radical (unpaired) electrons. The second-order valence-electron chi connectivity index (χ2n) is 7.77. The van der Waals surface area contributed by atoms with Gasteiger partial charge in [-0.1, -0.05) is 6.58 Å². The summed E-state index contributed by atoms with van der Waals surface area (Å²) in [5.41, 5.74) is -4.94. The van der Waals surface area contributed by atoms with Crippen molar-refractivity contribution in [1.82, 2.24) is 0 Å². The van der Waals surface area contributed by atoms with Crippen molar-refractivity contribution in [1.29, 1.82) is 0 Å². The van der Waals surface area contributed by atoms with Crippen molar-refractivity contribution in [3.05, 3.63) is 12.2 Å². The van der Waals surface area contributed by atoms with E-state index in [0.29, 0.717) is 12.8 Å². The van der Waals surface area contributed by atoms with Gasteiger partial charge in [0.25, 0.3) is 5.60 Å². The monoisotopic (exact) mass is 432 g/mol. The average molecular weight is 432 g/mol. The van der Waals surface area contributed by atoms with Crippen molar-refractivity contribution < 1.29 is 50.5 Å². The van der Waals surface area contributed by atoms with Crippen LogP contribution < -0.4 is 0 Å². The van der Waals surface area contributed by atoms with Gasteiger partial charge < -0.3 is 14.6 Å². The van der Waals surface area contributed by atoms with E-state index in [-0.39, 0.29) is 24.5 Å². The lowest BCUT2D eigenvalue weighted by atomic mass is 9.75. The van der Waals surface area contributed by atoms with E-state index < -0.39 is 60.5 Å². The number of alkyl halides is 6. The predicted molar refractivity (Wildman–Crippen MR) is 86.2 cm³/mol. The number of halogens is 6. The fourth-order valence-electron chi connectivity index (χ4n) is 4.45. The van der Waals surface area contributed by atoms with Gasteiger partial charge >= 0.3 is 24.3 Å². The van der Waals surface area contributed by atoms with Crippen LogP contribution in [-0.4, -0.2) is 48.7 Å². The number of hydrogen-bond donors (Lipinski definition) is 1. The van der Waals surface area contributed by atoms with Gasteiger partial charge in [-0.2, -0.15) is 26.3 Å². The highest BCUT2D eigenvalue weighted by molar-refractivity contribution is 5.93. The fraction of sp³-hybridized carbons (Fsp3) is 0.778. The Morgan fingerprint density at radius 3 is 2.07 bits per heavy atom. The van der Waals surface area contributed by atoms with Crippen LogP contribution in [0.1, 0.15) is 32.1 Å². The molecule has 2 aliphatic rings. The molecule has 0 heterocycles. The number of esters is 2. The normalized spacial score (nSPS) is 27.0. The lowest BCUT2D eigenvalue weighted by Gasteiger charge is -2.38. The zero-order chi connectivity index (χ0) is 22.2. The standard InChI is InChI=1S/C18H22F6O5/c1-9(3-14(25)28-2)15(26)29-8-12-5-10-4-11(13(12)6-10)7-16(27,17(19,20)21)18(22,23)24/h10-13,27H,1,3-8H2,2H3. The zero-order valence-electron chi connectivity index (χ0n) is 15.6. The molecule has 4 unspecified atom stereocenters. The number of aliphatic hydroxyl groups is 1. The summed E-state index contributed by atoms with van der Waals surface area (Å²) in [4.78, 5) is 23.0. The Balaban J connectivity index is 2.00. The molecule has 0 spiro atoms. The summed E-state index contributed by atoms with van der Waals surface area (Å²) in [6.45, 7) is 3.19. The smallest absolute Gasteiger partial charge is 0.426 e. The summed E-state index contributed by atoms with van der Waals surface area (Å²) in [5, 5.41) is 9.47. The first kappa shape index (κ1) is 23.5. The van der Waals surface area contributed by atoms with Gasteiger partial charge in [-0.05, 0) is 49.4 Å². The molecule has 4 atom stereocenters. The number of methoxy groups -OCH3 is 1. The molecule has 0 aromatic rings. The molecule has 2 rings (SSSR count). The number of carbonyl (C=O) groups is 2. The van der Waals surface area contributed by atoms with E-state index in [4.69, 9.17) is 4.74 Å². The Morgan fingerprint density at radius 2 is 1.59 bits per heavy atom. The third kappa shape index (κ3) is 4.87. The molecule has 0 aromatic heterocycles. The van der Waals surface area contributed by atoms with Crippen LogP contribution in [0.15, 0.2) is 12.2 Å². The number of hydrogen-bond acceptors (Lipinski definition) is 5. The Bertz CT molecular complexity index is 642.